The molecule has 142 valence electrons. The molecular weight excluding hydrogens is 421 g/mol. The van der Waals surface area contributed by atoms with Gasteiger partial charge < -0.3 is 16.0 Å². The van der Waals surface area contributed by atoms with E-state index in [0.29, 0.717) is 44.5 Å². The number of aromatic nitrogens is 1. The molecule has 6 nitrogen and oxygen atoms in total. The van der Waals surface area contributed by atoms with Crippen LogP contribution in [0.25, 0.3) is 0 Å². The van der Waals surface area contributed by atoms with Crippen molar-refractivity contribution in [2.75, 3.05) is 10.6 Å². The molecule has 0 spiro atoms. The summed E-state index contributed by atoms with van der Waals surface area (Å²) >= 11 is 18.2. The van der Waals surface area contributed by atoms with Crippen molar-refractivity contribution >= 4 is 58.2 Å². The highest BCUT2D eigenvalue weighted by atomic mass is 35.5. The van der Waals surface area contributed by atoms with Crippen molar-refractivity contribution in [3.8, 4) is 0 Å². The van der Waals surface area contributed by atoms with Crippen molar-refractivity contribution in [2.24, 2.45) is 4.99 Å². The molecule has 3 N–H and O–H groups in total. The third kappa shape index (κ3) is 3.99. The number of benzene rings is 1. The maximum absolute atomic E-state index is 12.5. The summed E-state index contributed by atoms with van der Waals surface area (Å²) in [5.41, 5.74) is 1.93. The van der Waals surface area contributed by atoms with Crippen LogP contribution in [0, 0.1) is 0 Å². The molecule has 28 heavy (non-hydrogen) atoms. The Hall–Kier alpha value is -2.54. The highest BCUT2D eigenvalue weighted by Crippen LogP contribution is 2.31. The molecule has 1 aromatic carbocycles. The molecule has 0 saturated heterocycles. The molecule has 4 rings (SSSR count). The zero-order valence-corrected chi connectivity index (χ0v) is 16.6. The van der Waals surface area contributed by atoms with Crippen molar-refractivity contribution in [3.63, 3.8) is 0 Å². The zero-order chi connectivity index (χ0) is 19.7. The Morgan fingerprint density at radius 1 is 1.14 bits per heavy atom. The average molecular weight is 435 g/mol. The Balaban J connectivity index is 1.44. The molecule has 0 fully saturated rings. The molecule has 2 heterocycles. The Labute approximate surface area is 176 Å². The van der Waals surface area contributed by atoms with E-state index < -0.39 is 0 Å². The monoisotopic (exact) mass is 433 g/mol. The fraction of sp³-hybridized carbons (Fsp3) is 0.105. The maximum Gasteiger partial charge on any atom is 0.256 e. The number of fused-ring (bicyclic) bond motifs is 1. The topological polar surface area (TPSA) is 78.4 Å². The molecule has 1 amide bonds. The number of amides is 1. The first-order chi connectivity index (χ1) is 13.5. The third-order valence-electron chi connectivity index (χ3n) is 4.22. The van der Waals surface area contributed by atoms with Gasteiger partial charge in [0, 0.05) is 17.5 Å². The zero-order valence-electron chi connectivity index (χ0n) is 14.3. The number of hydrogen-bond donors (Lipinski definition) is 3. The van der Waals surface area contributed by atoms with Gasteiger partial charge in [0.2, 0.25) is 5.96 Å². The van der Waals surface area contributed by atoms with E-state index in [0.717, 1.165) is 5.70 Å². The number of anilines is 2. The van der Waals surface area contributed by atoms with Crippen LogP contribution in [0.5, 0.6) is 0 Å². The molecule has 1 aliphatic heterocycles. The van der Waals surface area contributed by atoms with Gasteiger partial charge in [0.05, 0.1) is 26.8 Å². The largest absolute Gasteiger partial charge is 0.328 e. The number of para-hydroxylation sites is 1. The predicted molar refractivity (Wildman–Crippen MR) is 113 cm³/mol. The van der Waals surface area contributed by atoms with Crippen molar-refractivity contribution in [2.45, 2.75) is 12.5 Å². The molecule has 1 unspecified atom stereocenters. The molecule has 1 aromatic heterocycles. The van der Waals surface area contributed by atoms with Crippen LogP contribution in [-0.2, 0) is 4.79 Å². The number of pyridine rings is 1. The Bertz CT molecular complexity index is 1010. The molecule has 9 heteroatoms. The summed E-state index contributed by atoms with van der Waals surface area (Å²) in [5.74, 6) is 0.709. The van der Waals surface area contributed by atoms with E-state index in [1.165, 1.54) is 6.20 Å². The fourth-order valence-electron chi connectivity index (χ4n) is 2.85. The van der Waals surface area contributed by atoms with Gasteiger partial charge in [-0.05, 0) is 36.8 Å². The number of rotatable bonds is 3. The van der Waals surface area contributed by atoms with Gasteiger partial charge in [0.25, 0.3) is 5.91 Å². The Morgan fingerprint density at radius 2 is 1.93 bits per heavy atom. The second-order valence-electron chi connectivity index (χ2n) is 6.15. The number of halogens is 3. The number of guanidine groups is 1. The Morgan fingerprint density at radius 3 is 2.64 bits per heavy atom. The lowest BCUT2D eigenvalue weighted by Crippen LogP contribution is -2.27. The molecule has 2 aliphatic rings. The number of carbonyl (C=O) groups is 1. The first-order valence-electron chi connectivity index (χ1n) is 8.40. The number of aliphatic imine (C=N–C) groups is 1. The molecule has 2 aromatic rings. The highest BCUT2D eigenvalue weighted by molar-refractivity contribution is 6.39. The van der Waals surface area contributed by atoms with Crippen molar-refractivity contribution in [3.05, 3.63) is 75.0 Å². The molecule has 0 bridgehead atoms. The molecule has 0 saturated carbocycles. The minimum Gasteiger partial charge on any atom is -0.328 e. The summed E-state index contributed by atoms with van der Waals surface area (Å²) in [6, 6.07) is 8.48. The summed E-state index contributed by atoms with van der Waals surface area (Å²) in [5, 5.41) is 10.5. The van der Waals surface area contributed by atoms with E-state index in [9.17, 15) is 4.79 Å². The van der Waals surface area contributed by atoms with Crippen LogP contribution in [-0.4, -0.2) is 22.9 Å². The van der Waals surface area contributed by atoms with E-state index in [-0.39, 0.29) is 11.9 Å². The third-order valence-corrected chi connectivity index (χ3v) is 5.07. The summed E-state index contributed by atoms with van der Waals surface area (Å²) in [7, 11) is 0. The van der Waals surface area contributed by atoms with Gasteiger partial charge in [-0.3, -0.25) is 4.79 Å². The summed E-state index contributed by atoms with van der Waals surface area (Å²) in [4.78, 5) is 21.1. The predicted octanol–water partition coefficient (Wildman–Crippen LogP) is 4.63. The summed E-state index contributed by atoms with van der Waals surface area (Å²) in [6.45, 7) is 0. The van der Waals surface area contributed by atoms with Crippen LogP contribution < -0.4 is 16.0 Å². The Kier molecular flexibility index (Phi) is 5.26. The highest BCUT2D eigenvalue weighted by Gasteiger charge is 2.27. The number of hydrogen-bond acceptors (Lipinski definition) is 5. The first-order valence-corrected chi connectivity index (χ1v) is 9.53. The van der Waals surface area contributed by atoms with Gasteiger partial charge in [-0.25, -0.2) is 9.98 Å². The van der Waals surface area contributed by atoms with Crippen LogP contribution in [0.15, 0.2) is 64.9 Å². The van der Waals surface area contributed by atoms with E-state index in [2.05, 4.69) is 25.9 Å². The second-order valence-corrected chi connectivity index (χ2v) is 7.40. The van der Waals surface area contributed by atoms with Crippen LogP contribution in [0.3, 0.4) is 0 Å². The van der Waals surface area contributed by atoms with E-state index in [4.69, 9.17) is 34.8 Å². The SMILES string of the molecule is O=C(Nc1ccc(Cl)cn1)C1=CCC2N=C(Nc3c(Cl)cccc3Cl)NC2=C1. The normalized spacial score (nSPS) is 17.7. The van der Waals surface area contributed by atoms with Crippen molar-refractivity contribution in [1.29, 1.82) is 0 Å². The number of nitrogens with one attached hydrogen (secondary N) is 3. The smallest absolute Gasteiger partial charge is 0.256 e. The first kappa shape index (κ1) is 18.8. The number of carbonyl (C=O) groups excluding carboxylic acids is 1. The molecule has 1 aliphatic carbocycles. The van der Waals surface area contributed by atoms with Gasteiger partial charge in [-0.15, -0.1) is 0 Å². The number of nitrogens with zero attached hydrogens (tertiary/aromatic N) is 2. The van der Waals surface area contributed by atoms with Gasteiger partial charge in [0.15, 0.2) is 0 Å². The lowest BCUT2D eigenvalue weighted by molar-refractivity contribution is -0.112. The minimum atomic E-state index is -0.252. The van der Waals surface area contributed by atoms with E-state index >= 15 is 0 Å². The maximum atomic E-state index is 12.5. The van der Waals surface area contributed by atoms with E-state index in [1.807, 2.05) is 6.08 Å². The van der Waals surface area contributed by atoms with Gasteiger partial charge in [0.1, 0.15) is 5.82 Å². The van der Waals surface area contributed by atoms with Crippen LogP contribution in [0.4, 0.5) is 11.5 Å². The standard InChI is InChI=1S/C19H14Cl3N5O/c20-11-5-7-16(23-9-11)26-18(28)10-4-6-14-15(8-10)25-19(24-14)27-17-12(21)2-1-3-13(17)22/h1-5,7-9,14H,6H2,(H,23,26,28)(H2,24,25,27). The van der Waals surface area contributed by atoms with Crippen LogP contribution in [0.1, 0.15) is 6.42 Å². The van der Waals surface area contributed by atoms with Crippen LogP contribution in [0.2, 0.25) is 15.1 Å². The molecule has 0 radical (unpaired) electrons. The average Bonchev–Trinajstić information content (AvgIpc) is 3.08. The minimum absolute atomic E-state index is 0.0889. The summed E-state index contributed by atoms with van der Waals surface area (Å²) in [6.07, 6.45) is 5.68. The van der Waals surface area contributed by atoms with Gasteiger partial charge in [-0.2, -0.15) is 0 Å². The van der Waals surface area contributed by atoms with Gasteiger partial charge >= 0.3 is 0 Å². The van der Waals surface area contributed by atoms with Crippen molar-refractivity contribution in [1.82, 2.24) is 10.3 Å². The van der Waals surface area contributed by atoms with E-state index in [1.54, 1.807) is 36.4 Å². The second kappa shape index (κ2) is 7.83. The fourth-order valence-corrected chi connectivity index (χ4v) is 3.45. The molecular formula is C19H14Cl3N5O. The lowest BCUT2D eigenvalue weighted by Gasteiger charge is -2.15. The summed E-state index contributed by atoms with van der Waals surface area (Å²) < 4.78 is 0. The van der Waals surface area contributed by atoms with Crippen molar-refractivity contribution < 1.29 is 4.79 Å². The van der Waals surface area contributed by atoms with Gasteiger partial charge in [-0.1, -0.05) is 46.9 Å². The quantitative estimate of drug-likeness (QED) is 0.658. The molecule has 1 atom stereocenters. The lowest BCUT2D eigenvalue weighted by atomic mass is 10.0. The van der Waals surface area contributed by atoms with Crippen LogP contribution >= 0.6 is 34.8 Å².